The third kappa shape index (κ3) is 2.86. The van der Waals surface area contributed by atoms with Gasteiger partial charge in [0.25, 0.3) is 0 Å². The number of benzene rings is 1. The summed E-state index contributed by atoms with van der Waals surface area (Å²) in [4.78, 5) is 19.1. The van der Waals surface area contributed by atoms with Gasteiger partial charge in [-0.15, -0.1) is 0 Å². The summed E-state index contributed by atoms with van der Waals surface area (Å²) in [5, 5.41) is 9.14. The van der Waals surface area contributed by atoms with Gasteiger partial charge in [0.05, 0.1) is 17.6 Å². The van der Waals surface area contributed by atoms with Gasteiger partial charge in [0.1, 0.15) is 0 Å². The van der Waals surface area contributed by atoms with Crippen LogP contribution in [-0.2, 0) is 0 Å². The molecule has 22 heavy (non-hydrogen) atoms. The molecule has 5 heteroatoms. The molecule has 0 saturated heterocycles. The van der Waals surface area contributed by atoms with Crippen molar-refractivity contribution in [2.75, 3.05) is 0 Å². The number of aromatic nitrogens is 3. The Hall–Kier alpha value is -3.39. The number of nitrogens with zero attached hydrogens (tertiary/aromatic N) is 3. The Labute approximate surface area is 126 Å². The lowest BCUT2D eigenvalue weighted by Crippen LogP contribution is -2.00. The average Bonchev–Trinajstić information content (AvgIpc) is 3.08. The second kappa shape index (κ2) is 5.94. The molecule has 0 spiro atoms. The van der Waals surface area contributed by atoms with Crippen LogP contribution in [0.1, 0.15) is 21.5 Å². The molecule has 3 aromatic rings. The number of hydrogen-bond acceptors (Lipinski definition) is 3. The summed E-state index contributed by atoms with van der Waals surface area (Å²) in [5.41, 5.74) is 2.41. The molecule has 0 saturated carbocycles. The number of aromatic carboxylic acids is 1. The van der Waals surface area contributed by atoms with Crippen molar-refractivity contribution in [3.63, 3.8) is 0 Å². The van der Waals surface area contributed by atoms with Gasteiger partial charge in [-0.3, -0.25) is 4.98 Å². The van der Waals surface area contributed by atoms with Crippen LogP contribution >= 0.6 is 0 Å². The van der Waals surface area contributed by atoms with E-state index in [1.54, 1.807) is 66.0 Å². The van der Waals surface area contributed by atoms with E-state index in [1.807, 2.05) is 0 Å². The first-order valence-electron chi connectivity index (χ1n) is 6.52. The number of carbonyl (C=O) groups is 1. The van der Waals surface area contributed by atoms with Crippen LogP contribution < -0.4 is 0 Å². The van der Waals surface area contributed by atoms with E-state index in [2.05, 4.69) is 21.8 Å². The van der Waals surface area contributed by atoms with Crippen LogP contribution in [0.5, 0.6) is 0 Å². The van der Waals surface area contributed by atoms with Gasteiger partial charge in [0.15, 0.2) is 0 Å². The summed E-state index contributed by atoms with van der Waals surface area (Å²) >= 11 is 0. The second-order valence-corrected chi connectivity index (χ2v) is 4.49. The maximum Gasteiger partial charge on any atom is 0.335 e. The topological polar surface area (TPSA) is 68.0 Å². The van der Waals surface area contributed by atoms with Crippen molar-refractivity contribution in [1.29, 1.82) is 0 Å². The molecule has 0 unspecified atom stereocenters. The Morgan fingerprint density at radius 1 is 1.05 bits per heavy atom. The lowest BCUT2D eigenvalue weighted by molar-refractivity contribution is 0.0697. The van der Waals surface area contributed by atoms with E-state index in [0.717, 1.165) is 11.3 Å². The number of rotatable bonds is 2. The van der Waals surface area contributed by atoms with E-state index in [-0.39, 0.29) is 5.56 Å². The Kier molecular flexibility index (Phi) is 3.67. The molecule has 0 aliphatic carbocycles. The number of carboxylic acids is 1. The highest BCUT2D eigenvalue weighted by molar-refractivity contribution is 5.88. The summed E-state index contributed by atoms with van der Waals surface area (Å²) in [6.07, 6.45) is 8.41. The van der Waals surface area contributed by atoms with Crippen molar-refractivity contribution in [1.82, 2.24) is 14.5 Å². The zero-order chi connectivity index (χ0) is 15.4. The van der Waals surface area contributed by atoms with Crippen LogP contribution in [0.4, 0.5) is 0 Å². The van der Waals surface area contributed by atoms with Crippen molar-refractivity contribution >= 4 is 5.97 Å². The predicted molar refractivity (Wildman–Crippen MR) is 80.7 cm³/mol. The predicted octanol–water partition coefficient (Wildman–Crippen LogP) is 2.37. The van der Waals surface area contributed by atoms with Gasteiger partial charge in [-0.05, 0) is 30.3 Å². The quantitative estimate of drug-likeness (QED) is 0.735. The Bertz CT molecular complexity index is 860. The molecular weight excluding hydrogens is 278 g/mol. The molecule has 1 N–H and O–H groups in total. The van der Waals surface area contributed by atoms with Crippen LogP contribution in [0.3, 0.4) is 0 Å². The van der Waals surface area contributed by atoms with Crippen molar-refractivity contribution in [2.24, 2.45) is 0 Å². The van der Waals surface area contributed by atoms with E-state index in [1.165, 1.54) is 0 Å². The normalized spacial score (nSPS) is 9.82. The highest BCUT2D eigenvalue weighted by Crippen LogP contribution is 2.16. The van der Waals surface area contributed by atoms with E-state index >= 15 is 0 Å². The molecule has 106 valence electrons. The number of carboxylic acid groups (broad SMARTS) is 1. The third-order valence-corrected chi connectivity index (χ3v) is 3.05. The van der Waals surface area contributed by atoms with Gasteiger partial charge in [0.2, 0.25) is 0 Å². The van der Waals surface area contributed by atoms with Crippen LogP contribution in [0.25, 0.3) is 5.69 Å². The van der Waals surface area contributed by atoms with E-state index in [0.29, 0.717) is 5.56 Å². The fraction of sp³-hybridized carbons (Fsp3) is 0. The molecule has 0 fully saturated rings. The summed E-state index contributed by atoms with van der Waals surface area (Å²) in [5.74, 6) is 5.05. The molecule has 0 aliphatic heterocycles. The van der Waals surface area contributed by atoms with Crippen molar-refractivity contribution in [3.8, 4) is 17.5 Å². The van der Waals surface area contributed by atoms with Crippen LogP contribution in [-0.4, -0.2) is 25.6 Å². The Morgan fingerprint density at radius 2 is 1.86 bits per heavy atom. The molecular formula is C17H11N3O2. The zero-order valence-electron chi connectivity index (χ0n) is 11.5. The minimum atomic E-state index is -0.982. The first-order valence-corrected chi connectivity index (χ1v) is 6.52. The van der Waals surface area contributed by atoms with Gasteiger partial charge < -0.3 is 9.67 Å². The van der Waals surface area contributed by atoms with Gasteiger partial charge in [-0.25, -0.2) is 9.78 Å². The van der Waals surface area contributed by atoms with Crippen molar-refractivity contribution in [2.45, 2.75) is 0 Å². The maximum absolute atomic E-state index is 11.1. The van der Waals surface area contributed by atoms with Gasteiger partial charge in [-0.2, -0.15) is 0 Å². The Morgan fingerprint density at radius 3 is 2.55 bits per heavy atom. The van der Waals surface area contributed by atoms with Crippen molar-refractivity contribution in [3.05, 3.63) is 78.1 Å². The number of imidazole rings is 1. The molecule has 5 nitrogen and oxygen atoms in total. The largest absolute Gasteiger partial charge is 0.478 e. The standard InChI is InChI=1S/C17H11N3O2/c21-17(22)15-3-4-16(20-10-9-19-12-20)14(11-15)2-1-13-5-7-18-8-6-13/h3-12H,(H,21,22). The lowest BCUT2D eigenvalue weighted by atomic mass is 10.1. The fourth-order valence-corrected chi connectivity index (χ4v) is 1.97. The van der Waals surface area contributed by atoms with E-state index < -0.39 is 5.97 Å². The monoisotopic (exact) mass is 289 g/mol. The number of pyridine rings is 1. The summed E-state index contributed by atoms with van der Waals surface area (Å²) in [6.45, 7) is 0. The summed E-state index contributed by atoms with van der Waals surface area (Å²) in [7, 11) is 0. The zero-order valence-corrected chi connectivity index (χ0v) is 11.5. The SMILES string of the molecule is O=C(O)c1ccc(-n2ccnc2)c(C#Cc2ccncc2)c1. The Balaban J connectivity index is 2.09. The minimum absolute atomic E-state index is 0.197. The molecule has 0 radical (unpaired) electrons. The van der Waals surface area contributed by atoms with Crippen LogP contribution in [0, 0.1) is 11.8 Å². The highest BCUT2D eigenvalue weighted by atomic mass is 16.4. The van der Waals surface area contributed by atoms with Crippen LogP contribution in [0.15, 0.2) is 61.4 Å². The average molecular weight is 289 g/mol. The molecule has 2 aromatic heterocycles. The minimum Gasteiger partial charge on any atom is -0.478 e. The van der Waals surface area contributed by atoms with Gasteiger partial charge >= 0.3 is 5.97 Å². The molecule has 0 amide bonds. The second-order valence-electron chi connectivity index (χ2n) is 4.49. The maximum atomic E-state index is 11.1. The molecule has 0 aliphatic rings. The van der Waals surface area contributed by atoms with Gasteiger partial charge in [0, 0.05) is 35.9 Å². The fourth-order valence-electron chi connectivity index (χ4n) is 1.97. The van der Waals surface area contributed by atoms with E-state index in [9.17, 15) is 4.79 Å². The molecule has 0 bridgehead atoms. The molecule has 1 aromatic carbocycles. The van der Waals surface area contributed by atoms with Crippen molar-refractivity contribution < 1.29 is 9.90 Å². The smallest absolute Gasteiger partial charge is 0.335 e. The third-order valence-electron chi connectivity index (χ3n) is 3.05. The van der Waals surface area contributed by atoms with E-state index in [4.69, 9.17) is 5.11 Å². The molecule has 3 rings (SSSR count). The summed E-state index contributed by atoms with van der Waals surface area (Å²) in [6, 6.07) is 8.43. The van der Waals surface area contributed by atoms with Crippen LogP contribution in [0.2, 0.25) is 0 Å². The number of hydrogen-bond donors (Lipinski definition) is 1. The van der Waals surface area contributed by atoms with Gasteiger partial charge in [-0.1, -0.05) is 11.8 Å². The molecule has 2 heterocycles. The molecule has 0 atom stereocenters. The summed E-state index contributed by atoms with van der Waals surface area (Å²) < 4.78 is 1.79. The first-order chi connectivity index (χ1) is 10.7. The lowest BCUT2D eigenvalue weighted by Gasteiger charge is -2.06. The highest BCUT2D eigenvalue weighted by Gasteiger charge is 2.08. The first kappa shape index (κ1) is 13.6.